The average Bonchev–Trinajstić information content (AvgIpc) is 3.47. The van der Waals surface area contributed by atoms with Crippen LogP contribution in [0.25, 0.3) is 0 Å². The molecule has 0 radical (unpaired) electrons. The van der Waals surface area contributed by atoms with Crippen molar-refractivity contribution in [2.24, 2.45) is 29.6 Å². The van der Waals surface area contributed by atoms with Crippen molar-refractivity contribution in [2.75, 3.05) is 16.9 Å². The summed E-state index contributed by atoms with van der Waals surface area (Å²) >= 11 is 0. The number of ether oxygens (including phenoxy) is 1. The van der Waals surface area contributed by atoms with Gasteiger partial charge in [-0.3, -0.25) is 49.2 Å². The van der Waals surface area contributed by atoms with E-state index in [2.05, 4.69) is 0 Å². The van der Waals surface area contributed by atoms with E-state index < -0.39 is 69.0 Å². The van der Waals surface area contributed by atoms with Crippen LogP contribution >= 0.6 is 0 Å². The van der Waals surface area contributed by atoms with Crippen LogP contribution < -0.4 is 14.5 Å². The Morgan fingerprint density at radius 3 is 1.79 bits per heavy atom. The number of hydrogen-bond donors (Lipinski definition) is 1. The fraction of sp³-hybridized carbons (Fsp3) is 0.273. The van der Waals surface area contributed by atoms with Gasteiger partial charge in [-0.1, -0.05) is 17.7 Å². The van der Waals surface area contributed by atoms with Gasteiger partial charge in [0.2, 0.25) is 23.6 Å². The molecule has 14 nitrogen and oxygen atoms in total. The van der Waals surface area contributed by atoms with Crippen LogP contribution in [0.5, 0.6) is 11.5 Å². The van der Waals surface area contributed by atoms with Crippen LogP contribution in [0.4, 0.5) is 22.7 Å². The number of benzene rings is 3. The van der Waals surface area contributed by atoms with Crippen LogP contribution in [0.1, 0.15) is 24.3 Å². The molecule has 3 aromatic carbocycles. The molecule has 2 aliphatic heterocycles. The molecule has 1 N–H and O–H groups in total. The molecule has 0 spiro atoms. The van der Waals surface area contributed by atoms with E-state index in [0.717, 1.165) is 15.4 Å². The SMILES string of the molecule is COc1cc(C2C3=CCC4C(=O)N(c5ccc([N+](=O)[O-])cc5)C(=O)C4C3CC3C(=O)N(c4ccc([N+](=O)[O-])cc4)C(=O)C32)ccc1O. The number of aromatic hydroxyl groups is 1. The third-order valence-corrected chi connectivity index (χ3v) is 9.85. The van der Waals surface area contributed by atoms with E-state index in [1.807, 2.05) is 6.08 Å². The molecule has 7 rings (SSSR count). The second-order valence-corrected chi connectivity index (χ2v) is 12.0. The Hall–Kier alpha value is -5.92. The number of nitrogens with zero attached hydrogens (tertiary/aromatic N) is 4. The second-order valence-electron chi connectivity index (χ2n) is 12.0. The maximum atomic E-state index is 14.2. The number of amides is 4. The number of imide groups is 2. The maximum Gasteiger partial charge on any atom is 0.269 e. The molecule has 6 atom stereocenters. The second kappa shape index (κ2) is 10.9. The molecular weight excluding hydrogens is 612 g/mol. The van der Waals surface area contributed by atoms with Gasteiger partial charge in [-0.15, -0.1) is 0 Å². The van der Waals surface area contributed by atoms with Crippen molar-refractivity contribution in [3.05, 3.63) is 104 Å². The standard InChI is InChI=1S/C33H26N4O10/c1-47-26-14-16(2-13-25(26)38)27-21-11-12-22-28(32(41)34(30(22)39)17-3-7-19(8-4-17)36(43)44)23(21)15-24-29(27)33(42)35(31(24)40)18-5-9-20(10-6-18)37(45)46/h2-11,13-14,22-24,27-29,38H,12,15H2,1H3. The summed E-state index contributed by atoms with van der Waals surface area (Å²) in [5.41, 5.74) is 1.27. The first kappa shape index (κ1) is 29.8. The lowest BCUT2D eigenvalue weighted by atomic mass is 9.57. The summed E-state index contributed by atoms with van der Waals surface area (Å²) in [6, 6.07) is 14.9. The fourth-order valence-electron chi connectivity index (χ4n) is 7.81. The van der Waals surface area contributed by atoms with E-state index in [0.29, 0.717) is 5.56 Å². The van der Waals surface area contributed by atoms with Crippen molar-refractivity contribution >= 4 is 46.4 Å². The molecule has 0 bridgehead atoms. The summed E-state index contributed by atoms with van der Waals surface area (Å²) in [5, 5.41) is 32.7. The number of fused-ring (bicyclic) bond motifs is 4. The molecule has 4 amide bonds. The van der Waals surface area contributed by atoms with Gasteiger partial charge in [0.15, 0.2) is 11.5 Å². The Bertz CT molecular complexity index is 1920. The third kappa shape index (κ3) is 4.47. The first-order valence-corrected chi connectivity index (χ1v) is 14.8. The number of allylic oxidation sites excluding steroid dienone is 2. The van der Waals surface area contributed by atoms with Gasteiger partial charge in [0.25, 0.3) is 11.4 Å². The Kier molecular flexibility index (Phi) is 6.88. The molecule has 1 saturated carbocycles. The number of phenols is 1. The molecule has 3 aromatic rings. The van der Waals surface area contributed by atoms with E-state index in [1.165, 1.54) is 61.7 Å². The quantitative estimate of drug-likeness (QED) is 0.177. The third-order valence-electron chi connectivity index (χ3n) is 9.85. The fourth-order valence-corrected chi connectivity index (χ4v) is 7.81. The topological polar surface area (TPSA) is 190 Å². The molecule has 238 valence electrons. The largest absolute Gasteiger partial charge is 0.504 e. The number of anilines is 2. The molecule has 6 unspecified atom stereocenters. The molecule has 0 aromatic heterocycles. The number of hydrogen-bond acceptors (Lipinski definition) is 10. The van der Waals surface area contributed by atoms with Gasteiger partial charge >= 0.3 is 0 Å². The highest BCUT2D eigenvalue weighted by molar-refractivity contribution is 6.24. The first-order chi connectivity index (χ1) is 22.5. The smallest absolute Gasteiger partial charge is 0.269 e. The maximum absolute atomic E-state index is 14.2. The summed E-state index contributed by atoms with van der Waals surface area (Å²) in [7, 11) is 1.38. The number of nitro groups is 2. The molecule has 47 heavy (non-hydrogen) atoms. The highest BCUT2D eigenvalue weighted by Crippen LogP contribution is 2.59. The molecule has 3 fully saturated rings. The van der Waals surface area contributed by atoms with Crippen LogP contribution in [0.3, 0.4) is 0 Å². The van der Waals surface area contributed by atoms with Crippen LogP contribution in [-0.4, -0.2) is 45.7 Å². The van der Waals surface area contributed by atoms with E-state index in [9.17, 15) is 44.5 Å². The van der Waals surface area contributed by atoms with Crippen molar-refractivity contribution in [1.29, 1.82) is 0 Å². The predicted molar refractivity (Wildman–Crippen MR) is 163 cm³/mol. The molecule has 4 aliphatic rings. The van der Waals surface area contributed by atoms with Crippen molar-refractivity contribution in [1.82, 2.24) is 0 Å². The Labute approximate surface area is 266 Å². The molecular formula is C33H26N4O10. The Morgan fingerprint density at radius 1 is 0.723 bits per heavy atom. The van der Waals surface area contributed by atoms with Gasteiger partial charge in [-0.05, 0) is 60.7 Å². The lowest BCUT2D eigenvalue weighted by Crippen LogP contribution is -2.43. The predicted octanol–water partition coefficient (Wildman–Crippen LogP) is 4.26. The van der Waals surface area contributed by atoms with Crippen LogP contribution in [-0.2, 0) is 19.2 Å². The molecule has 2 heterocycles. The first-order valence-electron chi connectivity index (χ1n) is 14.8. The van der Waals surface area contributed by atoms with E-state index in [1.54, 1.807) is 12.1 Å². The van der Waals surface area contributed by atoms with E-state index in [4.69, 9.17) is 4.74 Å². The summed E-state index contributed by atoms with van der Waals surface area (Å²) in [4.78, 5) is 79.4. The monoisotopic (exact) mass is 638 g/mol. The van der Waals surface area contributed by atoms with Crippen molar-refractivity contribution in [2.45, 2.75) is 18.8 Å². The van der Waals surface area contributed by atoms with Crippen molar-refractivity contribution < 1.29 is 38.9 Å². The average molecular weight is 639 g/mol. The number of nitro benzene ring substituents is 2. The zero-order valence-corrected chi connectivity index (χ0v) is 24.7. The van der Waals surface area contributed by atoms with Gasteiger partial charge < -0.3 is 9.84 Å². The Morgan fingerprint density at radius 2 is 1.26 bits per heavy atom. The zero-order valence-electron chi connectivity index (χ0n) is 24.7. The van der Waals surface area contributed by atoms with Crippen molar-refractivity contribution in [3.8, 4) is 11.5 Å². The summed E-state index contributed by atoms with van der Waals surface area (Å²) in [5.74, 6) is -6.65. The number of methoxy groups -OCH3 is 1. The number of rotatable bonds is 6. The molecule has 2 aliphatic carbocycles. The van der Waals surface area contributed by atoms with Crippen molar-refractivity contribution in [3.63, 3.8) is 0 Å². The number of carbonyl (C=O) groups excluding carboxylic acids is 4. The lowest BCUT2D eigenvalue weighted by Gasteiger charge is -2.44. The minimum Gasteiger partial charge on any atom is -0.504 e. The molecule has 14 heteroatoms. The highest BCUT2D eigenvalue weighted by Gasteiger charge is 2.62. The van der Waals surface area contributed by atoms with Gasteiger partial charge in [-0.2, -0.15) is 0 Å². The van der Waals surface area contributed by atoms with Crippen LogP contribution in [0.2, 0.25) is 0 Å². The highest BCUT2D eigenvalue weighted by atomic mass is 16.6. The number of carbonyl (C=O) groups is 4. The minimum absolute atomic E-state index is 0.102. The van der Waals surface area contributed by atoms with Crippen LogP contribution in [0, 0.1) is 49.8 Å². The lowest BCUT2D eigenvalue weighted by molar-refractivity contribution is -0.385. The van der Waals surface area contributed by atoms with Gasteiger partial charge in [-0.25, -0.2) is 0 Å². The number of non-ortho nitro benzene ring substituents is 2. The van der Waals surface area contributed by atoms with Crippen LogP contribution in [0.15, 0.2) is 78.4 Å². The molecule has 2 saturated heterocycles. The van der Waals surface area contributed by atoms with E-state index >= 15 is 0 Å². The number of phenolic OH excluding ortho intramolecular Hbond substituents is 1. The summed E-state index contributed by atoms with van der Waals surface area (Å²) in [6.07, 6.45) is 2.16. The van der Waals surface area contributed by atoms with E-state index in [-0.39, 0.29) is 47.1 Å². The normalized spacial score (nSPS) is 26.4. The Balaban J connectivity index is 1.31. The summed E-state index contributed by atoms with van der Waals surface area (Å²) in [6.45, 7) is 0. The zero-order chi connectivity index (χ0) is 33.3. The van der Waals surface area contributed by atoms with Gasteiger partial charge in [0, 0.05) is 30.2 Å². The van der Waals surface area contributed by atoms with Gasteiger partial charge in [0.1, 0.15) is 0 Å². The summed E-state index contributed by atoms with van der Waals surface area (Å²) < 4.78 is 5.35. The minimum atomic E-state index is -0.899. The van der Waals surface area contributed by atoms with Gasteiger partial charge in [0.05, 0.1) is 52.0 Å².